The number of benzene rings is 1. The van der Waals surface area contributed by atoms with Crippen LogP contribution in [0.15, 0.2) is 24.3 Å². The summed E-state index contributed by atoms with van der Waals surface area (Å²) < 4.78 is 0. The molecule has 0 radical (unpaired) electrons. The molecule has 1 aliphatic heterocycles. The Labute approximate surface area is 113 Å². The summed E-state index contributed by atoms with van der Waals surface area (Å²) in [6.45, 7) is 4.10. The number of β-amino-alcohol motifs (C(OH)–C–C–N with tert-alkyl or cyclic N) is 1. The van der Waals surface area contributed by atoms with Gasteiger partial charge < -0.3 is 15.1 Å². The van der Waals surface area contributed by atoms with Crippen LogP contribution in [0.3, 0.4) is 0 Å². The summed E-state index contributed by atoms with van der Waals surface area (Å²) in [5.41, 5.74) is 2.10. The quantitative estimate of drug-likeness (QED) is 0.870. The van der Waals surface area contributed by atoms with Gasteiger partial charge in [0.25, 0.3) is 0 Å². The molecule has 0 aromatic heterocycles. The predicted octanol–water partition coefficient (Wildman–Crippen LogP) is 1.83. The second-order valence-corrected chi connectivity index (χ2v) is 5.34. The first-order valence-electron chi connectivity index (χ1n) is 6.76. The Morgan fingerprint density at radius 3 is 2.42 bits per heavy atom. The molecule has 1 aliphatic rings. The molecule has 0 saturated carbocycles. The van der Waals surface area contributed by atoms with E-state index >= 15 is 0 Å². The molecule has 1 fully saturated rings. The zero-order valence-corrected chi connectivity index (χ0v) is 11.2. The number of carboxylic acid groups (broad SMARTS) is 1. The van der Waals surface area contributed by atoms with Gasteiger partial charge in [0.2, 0.25) is 0 Å². The number of hydrogen-bond donors (Lipinski definition) is 2. The van der Waals surface area contributed by atoms with Gasteiger partial charge in [0.1, 0.15) is 0 Å². The highest BCUT2D eigenvalue weighted by molar-refractivity contribution is 5.70. The molecule has 1 aromatic carbocycles. The largest absolute Gasteiger partial charge is 0.481 e. The second-order valence-electron chi connectivity index (χ2n) is 5.34. The molecule has 104 valence electrons. The number of nitrogens with zero attached hydrogens (tertiary/aromatic N) is 1. The first-order chi connectivity index (χ1) is 9.06. The van der Waals surface area contributed by atoms with E-state index in [1.165, 1.54) is 5.56 Å². The van der Waals surface area contributed by atoms with E-state index in [0.717, 1.165) is 18.7 Å². The Morgan fingerprint density at radius 2 is 1.89 bits per heavy atom. The Hall–Kier alpha value is -1.39. The van der Waals surface area contributed by atoms with Crippen LogP contribution in [0.4, 0.5) is 0 Å². The van der Waals surface area contributed by atoms with Crippen LogP contribution in [0.2, 0.25) is 0 Å². The van der Waals surface area contributed by atoms with Crippen LogP contribution in [0.25, 0.3) is 0 Å². The van der Waals surface area contributed by atoms with Gasteiger partial charge in [-0.1, -0.05) is 29.8 Å². The van der Waals surface area contributed by atoms with E-state index in [0.29, 0.717) is 19.4 Å². The highest BCUT2D eigenvalue weighted by Crippen LogP contribution is 2.21. The third-order valence-electron chi connectivity index (χ3n) is 3.83. The van der Waals surface area contributed by atoms with E-state index in [-0.39, 0.29) is 5.92 Å². The molecule has 4 heteroatoms. The van der Waals surface area contributed by atoms with E-state index in [9.17, 15) is 9.90 Å². The third-order valence-corrected chi connectivity index (χ3v) is 3.83. The van der Waals surface area contributed by atoms with Gasteiger partial charge in [-0.2, -0.15) is 0 Å². The first kappa shape index (κ1) is 14.0. The van der Waals surface area contributed by atoms with Crippen LogP contribution in [0.1, 0.15) is 30.1 Å². The number of likely N-dealkylation sites (tertiary alicyclic amines) is 1. The molecule has 0 bridgehead atoms. The number of aryl methyl sites for hydroxylation is 1. The molecule has 0 aliphatic carbocycles. The average molecular weight is 263 g/mol. The summed E-state index contributed by atoms with van der Waals surface area (Å²) in [6.07, 6.45) is 0.855. The van der Waals surface area contributed by atoms with Gasteiger partial charge in [-0.05, 0) is 38.4 Å². The van der Waals surface area contributed by atoms with Gasteiger partial charge >= 0.3 is 5.97 Å². The molecule has 19 heavy (non-hydrogen) atoms. The minimum Gasteiger partial charge on any atom is -0.481 e. The summed E-state index contributed by atoms with van der Waals surface area (Å²) in [6, 6.07) is 7.89. The Balaban J connectivity index is 1.85. The molecule has 1 heterocycles. The third kappa shape index (κ3) is 3.78. The van der Waals surface area contributed by atoms with Crippen LogP contribution in [-0.2, 0) is 4.79 Å². The average Bonchev–Trinajstić information content (AvgIpc) is 2.40. The van der Waals surface area contributed by atoms with Crippen molar-refractivity contribution in [2.24, 2.45) is 5.92 Å². The van der Waals surface area contributed by atoms with E-state index < -0.39 is 12.1 Å². The van der Waals surface area contributed by atoms with E-state index in [1.807, 2.05) is 31.2 Å². The molecule has 2 rings (SSSR count). The number of carboxylic acids is 1. The molecule has 1 atom stereocenters. The number of aliphatic hydroxyl groups is 1. The molecular weight excluding hydrogens is 242 g/mol. The monoisotopic (exact) mass is 263 g/mol. The zero-order chi connectivity index (χ0) is 13.8. The summed E-state index contributed by atoms with van der Waals surface area (Å²) in [7, 11) is 0. The van der Waals surface area contributed by atoms with E-state index in [4.69, 9.17) is 5.11 Å². The smallest absolute Gasteiger partial charge is 0.306 e. The van der Waals surface area contributed by atoms with Crippen molar-refractivity contribution in [3.63, 3.8) is 0 Å². The number of piperidine rings is 1. The van der Waals surface area contributed by atoms with Gasteiger partial charge in [0.05, 0.1) is 12.0 Å². The molecule has 0 amide bonds. The van der Waals surface area contributed by atoms with Crippen molar-refractivity contribution in [3.05, 3.63) is 35.4 Å². The van der Waals surface area contributed by atoms with Crippen LogP contribution < -0.4 is 0 Å². The summed E-state index contributed by atoms with van der Waals surface area (Å²) in [5.74, 6) is -0.911. The molecule has 1 saturated heterocycles. The van der Waals surface area contributed by atoms with Crippen molar-refractivity contribution in [2.45, 2.75) is 25.9 Å². The maximum atomic E-state index is 10.9. The van der Waals surface area contributed by atoms with Crippen molar-refractivity contribution in [1.82, 2.24) is 4.90 Å². The zero-order valence-electron chi connectivity index (χ0n) is 11.2. The van der Waals surface area contributed by atoms with Gasteiger partial charge in [0, 0.05) is 6.54 Å². The summed E-state index contributed by atoms with van der Waals surface area (Å²) >= 11 is 0. The van der Waals surface area contributed by atoms with Crippen molar-refractivity contribution in [1.29, 1.82) is 0 Å². The van der Waals surface area contributed by atoms with Crippen LogP contribution in [-0.4, -0.2) is 40.7 Å². The van der Waals surface area contributed by atoms with E-state index in [1.54, 1.807) is 0 Å². The fourth-order valence-electron chi connectivity index (χ4n) is 2.50. The minimum absolute atomic E-state index is 0.215. The molecule has 0 spiro atoms. The van der Waals surface area contributed by atoms with E-state index in [2.05, 4.69) is 4.90 Å². The Morgan fingerprint density at radius 1 is 1.32 bits per heavy atom. The highest BCUT2D eigenvalue weighted by Gasteiger charge is 2.25. The Bertz CT molecular complexity index is 422. The lowest BCUT2D eigenvalue weighted by Gasteiger charge is -2.31. The molecule has 1 aromatic rings. The van der Waals surface area contributed by atoms with Crippen LogP contribution in [0.5, 0.6) is 0 Å². The predicted molar refractivity (Wildman–Crippen MR) is 72.9 cm³/mol. The number of carbonyl (C=O) groups is 1. The fraction of sp³-hybridized carbons (Fsp3) is 0.533. The molecule has 1 unspecified atom stereocenters. The summed E-state index contributed by atoms with van der Waals surface area (Å²) in [4.78, 5) is 13.0. The highest BCUT2D eigenvalue weighted by atomic mass is 16.4. The maximum absolute atomic E-state index is 10.9. The van der Waals surface area contributed by atoms with Gasteiger partial charge in [-0.15, -0.1) is 0 Å². The fourth-order valence-corrected chi connectivity index (χ4v) is 2.50. The van der Waals surface area contributed by atoms with Crippen molar-refractivity contribution < 1.29 is 15.0 Å². The standard InChI is InChI=1S/C15H21NO3/c1-11-2-4-12(5-3-11)14(17)10-16-8-6-13(7-9-16)15(18)19/h2-5,13-14,17H,6-10H2,1H3,(H,18,19). The normalized spacial score (nSPS) is 19.3. The number of rotatable bonds is 4. The van der Waals surface area contributed by atoms with Crippen LogP contribution >= 0.6 is 0 Å². The maximum Gasteiger partial charge on any atom is 0.306 e. The molecular formula is C15H21NO3. The lowest BCUT2D eigenvalue weighted by atomic mass is 9.96. The Kier molecular flexibility index (Phi) is 4.56. The lowest BCUT2D eigenvalue weighted by molar-refractivity contribution is -0.143. The lowest BCUT2D eigenvalue weighted by Crippen LogP contribution is -2.38. The number of hydrogen-bond acceptors (Lipinski definition) is 3. The van der Waals surface area contributed by atoms with Crippen molar-refractivity contribution in [3.8, 4) is 0 Å². The second kappa shape index (κ2) is 6.17. The SMILES string of the molecule is Cc1ccc(C(O)CN2CCC(C(=O)O)CC2)cc1. The molecule has 4 nitrogen and oxygen atoms in total. The van der Waals surface area contributed by atoms with Gasteiger partial charge in [-0.25, -0.2) is 0 Å². The van der Waals surface area contributed by atoms with Crippen molar-refractivity contribution >= 4 is 5.97 Å². The topological polar surface area (TPSA) is 60.8 Å². The van der Waals surface area contributed by atoms with Crippen LogP contribution in [0, 0.1) is 12.8 Å². The number of aliphatic hydroxyl groups excluding tert-OH is 1. The first-order valence-corrected chi connectivity index (χ1v) is 6.76. The number of aliphatic carboxylic acids is 1. The van der Waals surface area contributed by atoms with Gasteiger partial charge in [0.15, 0.2) is 0 Å². The molecule has 2 N–H and O–H groups in total. The van der Waals surface area contributed by atoms with Crippen molar-refractivity contribution in [2.75, 3.05) is 19.6 Å². The minimum atomic E-state index is -0.696. The summed E-state index contributed by atoms with van der Waals surface area (Å²) in [5, 5.41) is 19.1. The van der Waals surface area contributed by atoms with Gasteiger partial charge in [-0.3, -0.25) is 4.79 Å².